The number of aryl methyl sites for hydroxylation is 1. The molecule has 0 bridgehead atoms. The average molecular weight is 254 g/mol. The van der Waals surface area contributed by atoms with E-state index in [-0.39, 0.29) is 5.41 Å². The lowest BCUT2D eigenvalue weighted by Crippen LogP contribution is -2.60. The van der Waals surface area contributed by atoms with Crippen LogP contribution in [-0.2, 0) is 11.3 Å². The summed E-state index contributed by atoms with van der Waals surface area (Å²) in [5, 5.41) is 6.88. The number of hydrogen-bond donors (Lipinski definition) is 1. The quantitative estimate of drug-likeness (QED) is 0.877. The predicted molar refractivity (Wildman–Crippen MR) is 71.3 cm³/mol. The third-order valence-electron chi connectivity index (χ3n) is 3.71. The van der Waals surface area contributed by atoms with E-state index in [1.54, 1.807) is 11.3 Å². The minimum Gasteiger partial charge on any atom is -0.378 e. The molecule has 0 spiro atoms. The lowest BCUT2D eigenvalue weighted by Gasteiger charge is -2.51. The number of nitrogens with zero attached hydrogens (tertiary/aromatic N) is 1. The van der Waals surface area contributed by atoms with Crippen molar-refractivity contribution in [2.75, 3.05) is 6.61 Å². The number of hydrogen-bond acceptors (Lipinski definition) is 4. The first-order chi connectivity index (χ1) is 8.04. The molecule has 2 rings (SSSR count). The summed E-state index contributed by atoms with van der Waals surface area (Å²) in [5.74, 6) is 0. The SMILES string of the molecule is CCOC1CC(NCc2nc(C)cs2)C1(C)C. The highest BCUT2D eigenvalue weighted by Gasteiger charge is 2.48. The molecule has 96 valence electrons. The van der Waals surface area contributed by atoms with Crippen molar-refractivity contribution in [2.24, 2.45) is 5.41 Å². The van der Waals surface area contributed by atoms with Gasteiger partial charge >= 0.3 is 0 Å². The molecule has 4 heteroatoms. The highest BCUT2D eigenvalue weighted by atomic mass is 32.1. The van der Waals surface area contributed by atoms with Crippen LogP contribution in [0.4, 0.5) is 0 Å². The van der Waals surface area contributed by atoms with Gasteiger partial charge in [-0.05, 0) is 20.3 Å². The summed E-state index contributed by atoms with van der Waals surface area (Å²) in [7, 11) is 0. The second-order valence-corrected chi connectivity index (χ2v) is 6.26. The summed E-state index contributed by atoms with van der Waals surface area (Å²) < 4.78 is 5.73. The van der Waals surface area contributed by atoms with Crippen LogP contribution in [0.5, 0.6) is 0 Å². The molecule has 0 aromatic carbocycles. The van der Waals surface area contributed by atoms with Gasteiger partial charge in [0, 0.05) is 35.7 Å². The molecule has 0 amide bonds. The first-order valence-corrected chi connectivity index (χ1v) is 7.18. The van der Waals surface area contributed by atoms with Crippen molar-refractivity contribution in [1.29, 1.82) is 0 Å². The van der Waals surface area contributed by atoms with Gasteiger partial charge in [-0.2, -0.15) is 0 Å². The van der Waals surface area contributed by atoms with E-state index in [1.807, 2.05) is 6.92 Å². The van der Waals surface area contributed by atoms with E-state index in [2.05, 4.69) is 36.5 Å². The zero-order valence-corrected chi connectivity index (χ0v) is 11.9. The monoisotopic (exact) mass is 254 g/mol. The zero-order valence-electron chi connectivity index (χ0n) is 11.1. The van der Waals surface area contributed by atoms with Gasteiger partial charge in [0.05, 0.1) is 6.10 Å². The van der Waals surface area contributed by atoms with Crippen molar-refractivity contribution in [2.45, 2.75) is 52.8 Å². The molecule has 3 nitrogen and oxygen atoms in total. The summed E-state index contributed by atoms with van der Waals surface area (Å²) in [5.41, 5.74) is 1.36. The standard InChI is InChI=1S/C13H22N2OS/c1-5-16-11-6-10(13(11,3)4)14-7-12-15-9(2)8-17-12/h8,10-11,14H,5-7H2,1-4H3. The molecule has 1 fully saturated rings. The number of ether oxygens (including phenoxy) is 1. The fourth-order valence-corrected chi connectivity index (χ4v) is 3.13. The van der Waals surface area contributed by atoms with Gasteiger partial charge in [-0.1, -0.05) is 13.8 Å². The van der Waals surface area contributed by atoms with Crippen LogP contribution in [0.2, 0.25) is 0 Å². The minimum atomic E-state index is 0.238. The Kier molecular flexibility index (Phi) is 3.85. The van der Waals surface area contributed by atoms with Gasteiger partial charge in [0.15, 0.2) is 0 Å². The van der Waals surface area contributed by atoms with Crippen LogP contribution < -0.4 is 5.32 Å². The topological polar surface area (TPSA) is 34.1 Å². The molecular weight excluding hydrogens is 232 g/mol. The van der Waals surface area contributed by atoms with E-state index >= 15 is 0 Å². The summed E-state index contributed by atoms with van der Waals surface area (Å²) in [6.45, 7) is 10.4. The second kappa shape index (κ2) is 5.04. The van der Waals surface area contributed by atoms with Crippen LogP contribution in [0.25, 0.3) is 0 Å². The van der Waals surface area contributed by atoms with E-state index < -0.39 is 0 Å². The van der Waals surface area contributed by atoms with Crippen LogP contribution in [-0.4, -0.2) is 23.7 Å². The van der Waals surface area contributed by atoms with Crippen molar-refractivity contribution in [3.8, 4) is 0 Å². The molecule has 1 aliphatic rings. The third kappa shape index (κ3) is 2.69. The maximum Gasteiger partial charge on any atom is 0.107 e. The fraction of sp³-hybridized carbons (Fsp3) is 0.769. The number of aromatic nitrogens is 1. The zero-order chi connectivity index (χ0) is 12.5. The Labute approximate surface area is 108 Å². The van der Waals surface area contributed by atoms with Gasteiger partial charge in [-0.15, -0.1) is 11.3 Å². The Balaban J connectivity index is 1.82. The summed E-state index contributed by atoms with van der Waals surface area (Å²) in [4.78, 5) is 4.47. The smallest absolute Gasteiger partial charge is 0.107 e. The second-order valence-electron chi connectivity index (χ2n) is 5.32. The molecule has 0 radical (unpaired) electrons. The minimum absolute atomic E-state index is 0.238. The molecule has 1 aromatic rings. The van der Waals surface area contributed by atoms with E-state index in [1.165, 1.54) is 5.01 Å². The molecule has 1 saturated carbocycles. The lowest BCUT2D eigenvalue weighted by atomic mass is 9.64. The maximum absolute atomic E-state index is 5.73. The van der Waals surface area contributed by atoms with Gasteiger partial charge in [0.2, 0.25) is 0 Å². The van der Waals surface area contributed by atoms with E-state index in [9.17, 15) is 0 Å². The van der Waals surface area contributed by atoms with Gasteiger partial charge in [0.1, 0.15) is 5.01 Å². The van der Waals surface area contributed by atoms with Gasteiger partial charge < -0.3 is 10.1 Å². The highest BCUT2D eigenvalue weighted by molar-refractivity contribution is 7.09. The molecular formula is C13H22N2OS. The molecule has 1 N–H and O–H groups in total. The number of rotatable bonds is 5. The largest absolute Gasteiger partial charge is 0.378 e. The van der Waals surface area contributed by atoms with E-state index in [4.69, 9.17) is 4.74 Å². The molecule has 1 aromatic heterocycles. The molecule has 0 saturated heterocycles. The van der Waals surface area contributed by atoms with Gasteiger partial charge in [0.25, 0.3) is 0 Å². The van der Waals surface area contributed by atoms with Crippen molar-refractivity contribution in [1.82, 2.24) is 10.3 Å². The van der Waals surface area contributed by atoms with Gasteiger partial charge in [-0.3, -0.25) is 0 Å². The Morgan fingerprint density at radius 1 is 1.59 bits per heavy atom. The Hall–Kier alpha value is -0.450. The van der Waals surface area contributed by atoms with Crippen LogP contribution in [0, 0.1) is 12.3 Å². The molecule has 1 heterocycles. The maximum atomic E-state index is 5.73. The third-order valence-corrected chi connectivity index (χ3v) is 4.68. The molecule has 2 atom stereocenters. The first kappa shape index (κ1) is 13.0. The molecule has 0 aliphatic heterocycles. The summed E-state index contributed by atoms with van der Waals surface area (Å²) in [6.07, 6.45) is 1.52. The first-order valence-electron chi connectivity index (χ1n) is 6.30. The Bertz CT molecular complexity index is 375. The normalized spacial score (nSPS) is 26.8. The van der Waals surface area contributed by atoms with E-state index in [0.717, 1.165) is 25.3 Å². The summed E-state index contributed by atoms with van der Waals surface area (Å²) in [6, 6.07) is 0.545. The van der Waals surface area contributed by atoms with Crippen LogP contribution in [0.3, 0.4) is 0 Å². The molecule has 2 unspecified atom stereocenters. The van der Waals surface area contributed by atoms with Crippen LogP contribution in [0.15, 0.2) is 5.38 Å². The summed E-state index contributed by atoms with van der Waals surface area (Å²) >= 11 is 1.73. The number of nitrogens with one attached hydrogen (secondary N) is 1. The van der Waals surface area contributed by atoms with Crippen molar-refractivity contribution in [3.63, 3.8) is 0 Å². The van der Waals surface area contributed by atoms with Crippen molar-refractivity contribution >= 4 is 11.3 Å². The number of thiazole rings is 1. The lowest BCUT2D eigenvalue weighted by molar-refractivity contribution is -0.114. The van der Waals surface area contributed by atoms with Crippen molar-refractivity contribution < 1.29 is 4.74 Å². The Morgan fingerprint density at radius 3 is 2.88 bits per heavy atom. The fourth-order valence-electron chi connectivity index (χ4n) is 2.41. The predicted octanol–water partition coefficient (Wildman–Crippen LogP) is 2.74. The van der Waals surface area contributed by atoms with Gasteiger partial charge in [-0.25, -0.2) is 4.98 Å². The molecule has 17 heavy (non-hydrogen) atoms. The van der Waals surface area contributed by atoms with Crippen LogP contribution in [0.1, 0.15) is 37.9 Å². The van der Waals surface area contributed by atoms with Crippen LogP contribution >= 0.6 is 11.3 Å². The highest BCUT2D eigenvalue weighted by Crippen LogP contribution is 2.42. The molecule has 1 aliphatic carbocycles. The van der Waals surface area contributed by atoms with Crippen molar-refractivity contribution in [3.05, 3.63) is 16.1 Å². The van der Waals surface area contributed by atoms with E-state index in [0.29, 0.717) is 12.1 Å². The average Bonchev–Trinajstić information content (AvgIpc) is 2.68. The Morgan fingerprint density at radius 2 is 2.35 bits per heavy atom.